The van der Waals surface area contributed by atoms with Gasteiger partial charge in [-0.25, -0.2) is 0 Å². The lowest BCUT2D eigenvalue weighted by Gasteiger charge is -2.02. The predicted molar refractivity (Wildman–Crippen MR) is 46.9 cm³/mol. The van der Waals surface area contributed by atoms with Gasteiger partial charge >= 0.3 is 0 Å². The number of aromatic nitrogens is 2. The summed E-state index contributed by atoms with van der Waals surface area (Å²) in [5.74, 6) is -0.0652. The summed E-state index contributed by atoms with van der Waals surface area (Å²) in [4.78, 5) is 11.0. The van der Waals surface area contributed by atoms with Gasteiger partial charge < -0.3 is 10.4 Å². The van der Waals surface area contributed by atoms with Crippen LogP contribution in [0.5, 0.6) is 0 Å². The van der Waals surface area contributed by atoms with Crippen molar-refractivity contribution in [3.05, 3.63) is 18.5 Å². The number of rotatable bonds is 5. The molecule has 5 heteroatoms. The first kappa shape index (κ1) is 9.73. The van der Waals surface area contributed by atoms with Gasteiger partial charge in [0.1, 0.15) is 0 Å². The summed E-state index contributed by atoms with van der Waals surface area (Å²) in [6.45, 7) is 0.871. The van der Waals surface area contributed by atoms with Crippen molar-refractivity contribution in [3.8, 4) is 0 Å². The van der Waals surface area contributed by atoms with E-state index in [4.69, 9.17) is 5.11 Å². The Morgan fingerprint density at radius 2 is 2.46 bits per heavy atom. The first-order valence-corrected chi connectivity index (χ1v) is 4.18. The minimum absolute atomic E-state index is 0.0203. The summed E-state index contributed by atoms with van der Waals surface area (Å²) < 4.78 is 1.69. The average molecular weight is 183 g/mol. The summed E-state index contributed by atoms with van der Waals surface area (Å²) >= 11 is 0. The standard InChI is InChI=1S/C8H13N3O2/c12-7-4-9-8(13)2-6-11-5-1-3-10-11/h1,3,5,12H,2,4,6-7H2,(H,9,13). The van der Waals surface area contributed by atoms with Crippen molar-refractivity contribution >= 4 is 5.91 Å². The van der Waals surface area contributed by atoms with Gasteiger partial charge in [0.05, 0.1) is 6.61 Å². The highest BCUT2D eigenvalue weighted by Gasteiger charge is 1.99. The van der Waals surface area contributed by atoms with E-state index in [9.17, 15) is 4.79 Å². The van der Waals surface area contributed by atoms with Gasteiger partial charge in [-0.15, -0.1) is 0 Å². The minimum Gasteiger partial charge on any atom is -0.395 e. The number of hydrogen-bond donors (Lipinski definition) is 2. The van der Waals surface area contributed by atoms with Crippen LogP contribution in [-0.4, -0.2) is 33.9 Å². The van der Waals surface area contributed by atoms with E-state index >= 15 is 0 Å². The number of hydrogen-bond acceptors (Lipinski definition) is 3. The molecule has 72 valence electrons. The molecule has 0 aromatic carbocycles. The first-order valence-electron chi connectivity index (χ1n) is 4.18. The number of nitrogens with zero attached hydrogens (tertiary/aromatic N) is 2. The van der Waals surface area contributed by atoms with Gasteiger partial charge in [0.2, 0.25) is 5.91 Å². The molecule has 0 spiro atoms. The number of carbonyl (C=O) groups excluding carboxylic acids is 1. The van der Waals surface area contributed by atoms with Crippen LogP contribution in [0.2, 0.25) is 0 Å². The van der Waals surface area contributed by atoms with Crippen LogP contribution in [0.4, 0.5) is 0 Å². The molecule has 0 bridgehead atoms. The summed E-state index contributed by atoms with van der Waals surface area (Å²) in [7, 11) is 0. The second-order valence-electron chi connectivity index (χ2n) is 2.59. The molecule has 0 aliphatic heterocycles. The maximum atomic E-state index is 11.0. The third kappa shape index (κ3) is 3.71. The van der Waals surface area contributed by atoms with Crippen molar-refractivity contribution in [3.63, 3.8) is 0 Å². The van der Waals surface area contributed by atoms with Crippen molar-refractivity contribution in [2.45, 2.75) is 13.0 Å². The molecule has 1 aromatic rings. The van der Waals surface area contributed by atoms with E-state index in [2.05, 4.69) is 10.4 Å². The number of aliphatic hydroxyl groups is 1. The Morgan fingerprint density at radius 3 is 3.08 bits per heavy atom. The number of amides is 1. The zero-order valence-corrected chi connectivity index (χ0v) is 7.31. The fraction of sp³-hybridized carbons (Fsp3) is 0.500. The SMILES string of the molecule is O=C(CCn1cccn1)NCCO. The third-order valence-electron chi connectivity index (χ3n) is 1.56. The summed E-state index contributed by atoms with van der Waals surface area (Å²) in [6, 6.07) is 1.81. The number of aliphatic hydroxyl groups excluding tert-OH is 1. The smallest absolute Gasteiger partial charge is 0.221 e. The van der Waals surface area contributed by atoms with E-state index in [1.54, 1.807) is 17.1 Å². The molecule has 0 atom stereocenters. The van der Waals surface area contributed by atoms with E-state index in [1.165, 1.54) is 0 Å². The molecule has 1 amide bonds. The van der Waals surface area contributed by atoms with Crippen molar-refractivity contribution in [1.82, 2.24) is 15.1 Å². The van der Waals surface area contributed by atoms with Crippen LogP contribution < -0.4 is 5.32 Å². The van der Waals surface area contributed by atoms with Crippen molar-refractivity contribution in [2.24, 2.45) is 0 Å². The van der Waals surface area contributed by atoms with Crippen LogP contribution in [0, 0.1) is 0 Å². The molecular weight excluding hydrogens is 170 g/mol. The fourth-order valence-corrected chi connectivity index (χ4v) is 0.933. The van der Waals surface area contributed by atoms with Crippen LogP contribution in [0.25, 0.3) is 0 Å². The Hall–Kier alpha value is -1.36. The summed E-state index contributed by atoms with van der Waals surface area (Å²) in [5.41, 5.74) is 0. The molecule has 1 aromatic heterocycles. The highest BCUT2D eigenvalue weighted by Crippen LogP contribution is 1.88. The molecular formula is C8H13N3O2. The quantitative estimate of drug-likeness (QED) is 0.639. The van der Waals surface area contributed by atoms with Gasteiger partial charge in [0.25, 0.3) is 0 Å². The van der Waals surface area contributed by atoms with Crippen molar-refractivity contribution in [1.29, 1.82) is 0 Å². The lowest BCUT2D eigenvalue weighted by atomic mass is 10.4. The summed E-state index contributed by atoms with van der Waals surface area (Å²) in [6.07, 6.45) is 3.87. The first-order chi connectivity index (χ1) is 6.33. The average Bonchev–Trinajstić information content (AvgIpc) is 2.64. The van der Waals surface area contributed by atoms with Gasteiger partial charge in [0, 0.05) is 31.9 Å². The van der Waals surface area contributed by atoms with Crippen molar-refractivity contribution in [2.75, 3.05) is 13.2 Å². The molecule has 0 fully saturated rings. The molecule has 0 unspecified atom stereocenters. The van der Waals surface area contributed by atoms with Crippen molar-refractivity contribution < 1.29 is 9.90 Å². The fourth-order valence-electron chi connectivity index (χ4n) is 0.933. The monoisotopic (exact) mass is 183 g/mol. The van der Waals surface area contributed by atoms with E-state index in [-0.39, 0.29) is 12.5 Å². The molecule has 0 saturated heterocycles. The number of nitrogens with one attached hydrogen (secondary N) is 1. The largest absolute Gasteiger partial charge is 0.395 e. The van der Waals surface area contributed by atoms with E-state index in [1.807, 2.05) is 6.07 Å². The molecule has 2 N–H and O–H groups in total. The van der Waals surface area contributed by atoms with Gasteiger partial charge in [-0.05, 0) is 6.07 Å². The van der Waals surface area contributed by atoms with Crippen LogP contribution >= 0.6 is 0 Å². The van der Waals surface area contributed by atoms with Crippen LogP contribution in [-0.2, 0) is 11.3 Å². The molecule has 0 saturated carbocycles. The maximum absolute atomic E-state index is 11.0. The van der Waals surface area contributed by atoms with Crippen LogP contribution in [0.15, 0.2) is 18.5 Å². The molecule has 1 rings (SSSR count). The molecule has 0 aliphatic carbocycles. The molecule has 13 heavy (non-hydrogen) atoms. The van der Waals surface area contributed by atoms with Gasteiger partial charge in [-0.1, -0.05) is 0 Å². The Labute approximate surface area is 76.4 Å². The van der Waals surface area contributed by atoms with Gasteiger partial charge in [0.15, 0.2) is 0 Å². The number of carbonyl (C=O) groups is 1. The summed E-state index contributed by atoms with van der Waals surface area (Å²) in [5, 5.41) is 15.0. The minimum atomic E-state index is -0.0652. The number of aryl methyl sites for hydroxylation is 1. The lowest BCUT2D eigenvalue weighted by Crippen LogP contribution is -2.27. The zero-order chi connectivity index (χ0) is 9.52. The second-order valence-corrected chi connectivity index (χ2v) is 2.59. The zero-order valence-electron chi connectivity index (χ0n) is 7.31. The molecule has 0 radical (unpaired) electrons. The maximum Gasteiger partial charge on any atom is 0.221 e. The molecule has 5 nitrogen and oxygen atoms in total. The second kappa shape index (κ2) is 5.31. The van der Waals surface area contributed by atoms with E-state index in [0.717, 1.165) is 0 Å². The molecule has 0 aliphatic rings. The van der Waals surface area contributed by atoms with Crippen LogP contribution in [0.3, 0.4) is 0 Å². The highest BCUT2D eigenvalue weighted by molar-refractivity contribution is 5.75. The van der Waals surface area contributed by atoms with E-state index < -0.39 is 0 Å². The lowest BCUT2D eigenvalue weighted by molar-refractivity contribution is -0.121. The Morgan fingerprint density at radius 1 is 1.62 bits per heavy atom. The van der Waals surface area contributed by atoms with E-state index in [0.29, 0.717) is 19.5 Å². The Kier molecular flexibility index (Phi) is 3.98. The Bertz CT molecular complexity index is 246. The van der Waals surface area contributed by atoms with Crippen LogP contribution in [0.1, 0.15) is 6.42 Å². The van der Waals surface area contributed by atoms with Gasteiger partial charge in [-0.2, -0.15) is 5.10 Å². The topological polar surface area (TPSA) is 67.2 Å². The third-order valence-corrected chi connectivity index (χ3v) is 1.56. The van der Waals surface area contributed by atoms with Gasteiger partial charge in [-0.3, -0.25) is 9.48 Å². The predicted octanol–water partition coefficient (Wildman–Crippen LogP) is -0.618. The highest BCUT2D eigenvalue weighted by atomic mass is 16.3. The molecule has 1 heterocycles. The Balaban J connectivity index is 2.15. The normalized spacial score (nSPS) is 9.92.